The molecule has 142 valence electrons. The molecular weight excluding hydrogens is 318 g/mol. The van der Waals surface area contributed by atoms with Crippen LogP contribution in [0.25, 0.3) is 0 Å². The Balaban J connectivity index is 1.81. The second kappa shape index (κ2) is 9.63. The van der Waals surface area contributed by atoms with Gasteiger partial charge in [0.2, 0.25) is 11.8 Å². The van der Waals surface area contributed by atoms with E-state index in [2.05, 4.69) is 15.6 Å². The largest absolute Gasteiger partial charge is 0.357 e. The molecular formula is C18H33N5O2. The fraction of sp³-hybridized carbons (Fsp3) is 0.833. The summed E-state index contributed by atoms with van der Waals surface area (Å²) in [5, 5.41) is 6.64. The lowest BCUT2D eigenvalue weighted by molar-refractivity contribution is -0.134. The summed E-state index contributed by atoms with van der Waals surface area (Å²) in [4.78, 5) is 32.2. The maximum absolute atomic E-state index is 12.5. The van der Waals surface area contributed by atoms with E-state index in [1.165, 1.54) is 12.8 Å². The van der Waals surface area contributed by atoms with Crippen LogP contribution in [0, 0.1) is 5.92 Å². The highest BCUT2D eigenvalue weighted by Gasteiger charge is 2.32. The van der Waals surface area contributed by atoms with E-state index >= 15 is 0 Å². The number of amides is 2. The number of likely N-dealkylation sites (tertiary alicyclic amines) is 1. The molecule has 0 aromatic heterocycles. The molecule has 2 fully saturated rings. The van der Waals surface area contributed by atoms with Crippen LogP contribution in [0.3, 0.4) is 0 Å². The maximum atomic E-state index is 12.5. The lowest BCUT2D eigenvalue weighted by Gasteiger charge is -2.21. The van der Waals surface area contributed by atoms with E-state index in [0.717, 1.165) is 44.9 Å². The molecule has 0 radical (unpaired) electrons. The molecule has 2 rings (SSSR count). The van der Waals surface area contributed by atoms with Gasteiger partial charge in [0.15, 0.2) is 5.96 Å². The molecule has 0 aromatic rings. The van der Waals surface area contributed by atoms with Crippen LogP contribution in [0.5, 0.6) is 0 Å². The summed E-state index contributed by atoms with van der Waals surface area (Å²) < 4.78 is 0. The number of nitrogens with zero attached hydrogens (tertiary/aromatic N) is 3. The van der Waals surface area contributed by atoms with E-state index in [1.54, 1.807) is 19.0 Å². The topological polar surface area (TPSA) is 77.0 Å². The van der Waals surface area contributed by atoms with Crippen LogP contribution in [0.2, 0.25) is 0 Å². The number of guanidine groups is 1. The Morgan fingerprint density at radius 2 is 1.92 bits per heavy atom. The summed E-state index contributed by atoms with van der Waals surface area (Å²) in [6, 6.07) is 0.229. The highest BCUT2D eigenvalue weighted by atomic mass is 16.2. The maximum Gasteiger partial charge on any atom is 0.225 e. The summed E-state index contributed by atoms with van der Waals surface area (Å²) >= 11 is 0. The van der Waals surface area contributed by atoms with Crippen molar-refractivity contribution in [3.63, 3.8) is 0 Å². The average molecular weight is 351 g/mol. The third-order valence-corrected chi connectivity index (χ3v) is 4.98. The van der Waals surface area contributed by atoms with Gasteiger partial charge in [-0.2, -0.15) is 0 Å². The third-order valence-electron chi connectivity index (χ3n) is 4.98. The molecule has 0 bridgehead atoms. The standard InChI is InChI=1S/C18H33N5O2/c1-4-19-18(20-11-9-16(24)22(2)3)21-15-10-12-23(13-15)17(25)14-7-5-6-8-14/h14-15H,4-13H2,1-3H3,(H2,19,20,21). The Hall–Kier alpha value is -1.79. The summed E-state index contributed by atoms with van der Waals surface area (Å²) in [6.45, 7) is 4.82. The average Bonchev–Trinajstić information content (AvgIpc) is 3.26. The highest BCUT2D eigenvalue weighted by Crippen LogP contribution is 2.27. The number of carbonyl (C=O) groups excluding carboxylic acids is 2. The van der Waals surface area contributed by atoms with Crippen molar-refractivity contribution in [3.8, 4) is 0 Å². The fourth-order valence-corrected chi connectivity index (χ4v) is 3.51. The molecule has 25 heavy (non-hydrogen) atoms. The normalized spacial score (nSPS) is 21.5. The minimum Gasteiger partial charge on any atom is -0.357 e. The van der Waals surface area contributed by atoms with Gasteiger partial charge in [-0.25, -0.2) is 0 Å². The SMILES string of the molecule is CCNC(=NCCC(=O)N(C)C)NC1CCN(C(=O)C2CCCC2)C1. The van der Waals surface area contributed by atoms with Gasteiger partial charge in [-0.15, -0.1) is 0 Å². The van der Waals surface area contributed by atoms with Gasteiger partial charge in [0.1, 0.15) is 0 Å². The summed E-state index contributed by atoms with van der Waals surface area (Å²) in [5.41, 5.74) is 0. The van der Waals surface area contributed by atoms with Crippen molar-refractivity contribution in [2.45, 2.75) is 51.5 Å². The Kier molecular flexibility index (Phi) is 7.52. The van der Waals surface area contributed by atoms with Gasteiger partial charge in [-0.1, -0.05) is 12.8 Å². The summed E-state index contributed by atoms with van der Waals surface area (Å²) in [6.07, 6.45) is 5.83. The molecule has 2 amide bonds. The molecule has 7 nitrogen and oxygen atoms in total. The van der Waals surface area contributed by atoms with Crippen LogP contribution in [0.4, 0.5) is 0 Å². The van der Waals surface area contributed by atoms with E-state index in [9.17, 15) is 9.59 Å². The van der Waals surface area contributed by atoms with Crippen molar-refractivity contribution in [1.29, 1.82) is 0 Å². The van der Waals surface area contributed by atoms with Gasteiger partial charge in [-0.05, 0) is 26.2 Å². The van der Waals surface area contributed by atoms with Gasteiger partial charge in [0.05, 0.1) is 6.54 Å². The van der Waals surface area contributed by atoms with Gasteiger partial charge >= 0.3 is 0 Å². The van der Waals surface area contributed by atoms with Crippen LogP contribution in [0.1, 0.15) is 45.4 Å². The first-order valence-corrected chi connectivity index (χ1v) is 9.55. The number of hydrogen-bond acceptors (Lipinski definition) is 3. The fourth-order valence-electron chi connectivity index (χ4n) is 3.51. The van der Waals surface area contributed by atoms with E-state index in [4.69, 9.17) is 0 Å². The Labute approximate surface area is 151 Å². The molecule has 1 saturated heterocycles. The van der Waals surface area contributed by atoms with E-state index in [-0.39, 0.29) is 17.9 Å². The van der Waals surface area contributed by atoms with Crippen LogP contribution < -0.4 is 10.6 Å². The molecule has 1 atom stereocenters. The number of carbonyl (C=O) groups is 2. The second-order valence-corrected chi connectivity index (χ2v) is 7.19. The van der Waals surface area contributed by atoms with Gasteiger partial charge in [0.25, 0.3) is 0 Å². The number of hydrogen-bond donors (Lipinski definition) is 2. The lowest BCUT2D eigenvalue weighted by atomic mass is 10.1. The summed E-state index contributed by atoms with van der Waals surface area (Å²) in [5.74, 6) is 1.39. The van der Waals surface area contributed by atoms with Crippen molar-refractivity contribution in [1.82, 2.24) is 20.4 Å². The van der Waals surface area contributed by atoms with Crippen molar-refractivity contribution >= 4 is 17.8 Å². The number of nitrogens with one attached hydrogen (secondary N) is 2. The predicted molar refractivity (Wildman–Crippen MR) is 99.4 cm³/mol. The monoisotopic (exact) mass is 351 g/mol. The molecule has 1 saturated carbocycles. The van der Waals surface area contributed by atoms with Crippen molar-refractivity contribution in [3.05, 3.63) is 0 Å². The molecule has 1 aliphatic heterocycles. The zero-order valence-electron chi connectivity index (χ0n) is 15.9. The minimum absolute atomic E-state index is 0.0776. The van der Waals surface area contributed by atoms with Crippen molar-refractivity contribution in [2.24, 2.45) is 10.9 Å². The van der Waals surface area contributed by atoms with Crippen molar-refractivity contribution in [2.75, 3.05) is 40.3 Å². The van der Waals surface area contributed by atoms with Crippen molar-refractivity contribution < 1.29 is 9.59 Å². The molecule has 2 N–H and O–H groups in total. The zero-order chi connectivity index (χ0) is 18.2. The predicted octanol–water partition coefficient (Wildman–Crippen LogP) is 0.811. The van der Waals surface area contributed by atoms with E-state index < -0.39 is 0 Å². The zero-order valence-corrected chi connectivity index (χ0v) is 15.9. The summed E-state index contributed by atoms with van der Waals surface area (Å²) in [7, 11) is 3.51. The van der Waals surface area contributed by atoms with E-state index in [0.29, 0.717) is 18.9 Å². The Morgan fingerprint density at radius 3 is 2.56 bits per heavy atom. The first kappa shape index (κ1) is 19.5. The van der Waals surface area contributed by atoms with Crippen LogP contribution in [-0.4, -0.2) is 73.9 Å². The molecule has 2 aliphatic rings. The van der Waals surface area contributed by atoms with E-state index in [1.807, 2.05) is 11.8 Å². The number of aliphatic imine (C=N–C) groups is 1. The molecule has 0 aromatic carbocycles. The highest BCUT2D eigenvalue weighted by molar-refractivity contribution is 5.82. The Bertz CT molecular complexity index is 486. The smallest absolute Gasteiger partial charge is 0.225 e. The van der Waals surface area contributed by atoms with Crippen LogP contribution >= 0.6 is 0 Å². The van der Waals surface area contributed by atoms with Gasteiger partial charge < -0.3 is 20.4 Å². The van der Waals surface area contributed by atoms with Gasteiger partial charge in [0, 0.05) is 52.1 Å². The number of rotatable bonds is 6. The third kappa shape index (κ3) is 5.90. The lowest BCUT2D eigenvalue weighted by Crippen LogP contribution is -2.45. The molecule has 1 unspecified atom stereocenters. The molecule has 1 aliphatic carbocycles. The molecule has 7 heteroatoms. The molecule has 0 spiro atoms. The molecule has 1 heterocycles. The second-order valence-electron chi connectivity index (χ2n) is 7.19. The quantitative estimate of drug-likeness (QED) is 0.548. The van der Waals surface area contributed by atoms with Gasteiger partial charge in [-0.3, -0.25) is 14.6 Å². The first-order chi connectivity index (χ1) is 12.0. The Morgan fingerprint density at radius 1 is 1.20 bits per heavy atom. The van der Waals surface area contributed by atoms with Crippen LogP contribution in [0.15, 0.2) is 4.99 Å². The van der Waals surface area contributed by atoms with Crippen LogP contribution in [-0.2, 0) is 9.59 Å². The first-order valence-electron chi connectivity index (χ1n) is 9.55. The minimum atomic E-state index is 0.0776.